The van der Waals surface area contributed by atoms with Gasteiger partial charge in [-0.05, 0) is 56.4 Å². The Morgan fingerprint density at radius 1 is 1.19 bits per heavy atom. The number of nitrogens with zero attached hydrogens (tertiary/aromatic N) is 1. The van der Waals surface area contributed by atoms with Crippen molar-refractivity contribution in [3.8, 4) is 0 Å². The van der Waals surface area contributed by atoms with Crippen LogP contribution in [-0.4, -0.2) is 36.3 Å². The smallest absolute Gasteiger partial charge is 0.374 e. The Hall–Kier alpha value is -2.37. The van der Waals surface area contributed by atoms with Gasteiger partial charge in [-0.25, -0.2) is 4.39 Å². The van der Waals surface area contributed by atoms with E-state index in [9.17, 15) is 27.2 Å². The average Bonchev–Trinajstić information content (AvgIpc) is 3.50. The van der Waals surface area contributed by atoms with Crippen molar-refractivity contribution in [2.24, 2.45) is 5.16 Å². The van der Waals surface area contributed by atoms with Gasteiger partial charge in [-0.3, -0.25) is 9.59 Å². The Morgan fingerprint density at radius 3 is 2.44 bits per heavy atom. The third-order valence-electron chi connectivity index (χ3n) is 5.93. The summed E-state index contributed by atoms with van der Waals surface area (Å²) >= 11 is 12.5. The monoisotopic (exact) mass is 565 g/mol. The Morgan fingerprint density at radius 2 is 1.83 bits per heavy atom. The van der Waals surface area contributed by atoms with Gasteiger partial charge in [0.05, 0.1) is 32.8 Å². The third-order valence-corrected chi connectivity index (χ3v) is 7.81. The topological polar surface area (TPSA) is 79.8 Å². The van der Waals surface area contributed by atoms with E-state index in [2.05, 4.69) is 15.8 Å². The van der Waals surface area contributed by atoms with Gasteiger partial charge < -0.3 is 15.5 Å². The minimum absolute atomic E-state index is 0.0173. The van der Waals surface area contributed by atoms with Crippen LogP contribution in [0.4, 0.5) is 17.6 Å². The summed E-state index contributed by atoms with van der Waals surface area (Å²) in [6, 6.07) is 1.57. The predicted octanol–water partition coefficient (Wildman–Crippen LogP) is 5.52. The van der Waals surface area contributed by atoms with E-state index in [0.29, 0.717) is 22.6 Å². The summed E-state index contributed by atoms with van der Waals surface area (Å²) in [7, 11) is 0. The number of thiophene rings is 1. The van der Waals surface area contributed by atoms with Crippen molar-refractivity contribution in [2.45, 2.75) is 57.3 Å². The van der Waals surface area contributed by atoms with Gasteiger partial charge in [0.25, 0.3) is 11.5 Å². The molecule has 36 heavy (non-hydrogen) atoms. The van der Waals surface area contributed by atoms with Crippen LogP contribution in [0, 0.1) is 5.82 Å². The molecule has 1 unspecified atom stereocenters. The van der Waals surface area contributed by atoms with Gasteiger partial charge in [0.1, 0.15) is 5.71 Å². The standard InChI is InChI=1S/C23H21Cl2F4N3O3S/c1-10(2)31-17(33)9-30-21(34)20-13-5-3-4-12(13)19(36-20)16-8-22(35-32-16,23(27,28)29)11-6-14(24)18(26)15(25)7-11/h6-7,10H,3-5,8-9H2,1-2H3,(H,30,34)(H,31,33). The molecule has 0 bridgehead atoms. The first kappa shape index (κ1) is 26.7. The number of carbonyl (C=O) groups is 2. The lowest BCUT2D eigenvalue weighted by Gasteiger charge is -2.29. The van der Waals surface area contributed by atoms with Crippen LogP contribution in [-0.2, 0) is 28.1 Å². The normalized spacial score (nSPS) is 19.2. The maximum absolute atomic E-state index is 14.4. The summed E-state index contributed by atoms with van der Waals surface area (Å²) in [6.07, 6.45) is -3.78. The predicted molar refractivity (Wildman–Crippen MR) is 128 cm³/mol. The highest BCUT2D eigenvalue weighted by Crippen LogP contribution is 2.51. The van der Waals surface area contributed by atoms with E-state index in [4.69, 9.17) is 28.0 Å². The molecule has 0 spiro atoms. The number of amides is 2. The number of oxime groups is 1. The summed E-state index contributed by atoms with van der Waals surface area (Å²) in [6.45, 7) is 3.35. The van der Waals surface area contributed by atoms with Gasteiger partial charge in [-0.2, -0.15) is 13.2 Å². The summed E-state index contributed by atoms with van der Waals surface area (Å²) < 4.78 is 56.9. The van der Waals surface area contributed by atoms with Crippen molar-refractivity contribution < 1.29 is 32.0 Å². The van der Waals surface area contributed by atoms with E-state index in [1.54, 1.807) is 13.8 Å². The van der Waals surface area contributed by atoms with Gasteiger partial charge in [0, 0.05) is 11.6 Å². The molecule has 0 saturated heterocycles. The summed E-state index contributed by atoms with van der Waals surface area (Å²) in [5, 5.41) is 7.86. The van der Waals surface area contributed by atoms with E-state index in [0.717, 1.165) is 41.0 Å². The molecule has 2 amide bonds. The van der Waals surface area contributed by atoms with E-state index in [1.807, 2.05) is 0 Å². The first-order valence-electron chi connectivity index (χ1n) is 11.0. The van der Waals surface area contributed by atoms with E-state index >= 15 is 0 Å². The number of alkyl halides is 3. The van der Waals surface area contributed by atoms with Crippen LogP contribution in [0.5, 0.6) is 0 Å². The van der Waals surface area contributed by atoms with Gasteiger partial charge in [0.15, 0.2) is 5.82 Å². The Labute approximate surface area is 218 Å². The van der Waals surface area contributed by atoms with Crippen molar-refractivity contribution in [3.63, 3.8) is 0 Å². The number of halogens is 6. The molecule has 2 aliphatic rings. The van der Waals surface area contributed by atoms with Crippen LogP contribution in [0.3, 0.4) is 0 Å². The number of hydrogen-bond donors (Lipinski definition) is 2. The zero-order valence-corrected chi connectivity index (χ0v) is 21.4. The number of fused-ring (bicyclic) bond motifs is 1. The number of benzene rings is 1. The molecule has 1 aliphatic carbocycles. The Bertz CT molecular complexity index is 1240. The van der Waals surface area contributed by atoms with Gasteiger partial charge in [-0.15, -0.1) is 11.3 Å². The molecule has 2 aromatic rings. The largest absolute Gasteiger partial charge is 0.435 e. The molecule has 1 aromatic heterocycles. The molecule has 13 heteroatoms. The van der Waals surface area contributed by atoms with E-state index in [-0.39, 0.29) is 24.2 Å². The maximum Gasteiger partial charge on any atom is 0.435 e. The van der Waals surface area contributed by atoms with Crippen molar-refractivity contribution in [2.75, 3.05) is 6.54 Å². The average molecular weight is 566 g/mol. The highest BCUT2D eigenvalue weighted by Gasteiger charge is 2.63. The van der Waals surface area contributed by atoms with Crippen molar-refractivity contribution in [3.05, 3.63) is 54.4 Å². The Kier molecular flexibility index (Phi) is 7.29. The second-order valence-corrected chi connectivity index (χ2v) is 10.7. The first-order valence-corrected chi connectivity index (χ1v) is 12.6. The minimum atomic E-state index is -4.94. The fraction of sp³-hybridized carbons (Fsp3) is 0.435. The molecule has 2 heterocycles. The SMILES string of the molecule is CC(C)NC(=O)CNC(=O)c1sc(C2=NOC(c3cc(Cl)c(F)c(Cl)c3)(C(F)(F)F)C2)c2c1CCC2. The molecule has 6 nitrogen and oxygen atoms in total. The number of nitrogens with one attached hydrogen (secondary N) is 2. The third kappa shape index (κ3) is 4.80. The molecular weight excluding hydrogens is 545 g/mol. The van der Waals surface area contributed by atoms with Gasteiger partial charge in [0.2, 0.25) is 5.91 Å². The Balaban J connectivity index is 1.64. The second kappa shape index (κ2) is 9.83. The number of rotatable bonds is 6. The molecule has 4 rings (SSSR count). The van der Waals surface area contributed by atoms with Crippen molar-refractivity contribution >= 4 is 52.1 Å². The molecule has 0 saturated carbocycles. The molecule has 194 valence electrons. The van der Waals surface area contributed by atoms with E-state index < -0.39 is 45.5 Å². The molecule has 1 aromatic carbocycles. The maximum atomic E-state index is 14.4. The molecular formula is C23H21Cl2F4N3O3S. The molecule has 2 N–H and O–H groups in total. The number of hydrogen-bond acceptors (Lipinski definition) is 5. The zero-order valence-electron chi connectivity index (χ0n) is 19.1. The lowest BCUT2D eigenvalue weighted by atomic mass is 9.87. The quantitative estimate of drug-likeness (QED) is 0.357. The number of carbonyl (C=O) groups excluding carboxylic acids is 2. The van der Waals surface area contributed by atoms with E-state index in [1.165, 1.54) is 0 Å². The van der Waals surface area contributed by atoms with Gasteiger partial charge >= 0.3 is 6.18 Å². The van der Waals surface area contributed by atoms with Crippen LogP contribution < -0.4 is 10.6 Å². The summed E-state index contributed by atoms with van der Waals surface area (Å²) in [5.74, 6) is -1.87. The first-order chi connectivity index (χ1) is 16.8. The van der Waals surface area contributed by atoms with Crippen LogP contribution >= 0.6 is 34.5 Å². The fourth-order valence-electron chi connectivity index (χ4n) is 4.31. The minimum Gasteiger partial charge on any atom is -0.374 e. The van der Waals surface area contributed by atoms with Crippen LogP contribution in [0.1, 0.15) is 57.9 Å². The molecule has 1 atom stereocenters. The summed E-state index contributed by atoms with van der Waals surface area (Å²) in [4.78, 5) is 30.5. The highest BCUT2D eigenvalue weighted by atomic mass is 35.5. The highest BCUT2D eigenvalue weighted by molar-refractivity contribution is 7.16. The van der Waals surface area contributed by atoms with Crippen LogP contribution in [0.2, 0.25) is 10.0 Å². The lowest BCUT2D eigenvalue weighted by Crippen LogP contribution is -2.42. The molecule has 0 radical (unpaired) electrons. The second-order valence-electron chi connectivity index (χ2n) is 8.86. The van der Waals surface area contributed by atoms with Gasteiger partial charge in [-0.1, -0.05) is 28.4 Å². The summed E-state index contributed by atoms with van der Waals surface area (Å²) in [5.41, 5.74) is -1.91. The van der Waals surface area contributed by atoms with Crippen LogP contribution in [0.25, 0.3) is 0 Å². The van der Waals surface area contributed by atoms with Crippen LogP contribution in [0.15, 0.2) is 17.3 Å². The fourth-order valence-corrected chi connectivity index (χ4v) is 6.09. The van der Waals surface area contributed by atoms with Crippen molar-refractivity contribution in [1.29, 1.82) is 0 Å². The molecule has 1 aliphatic heterocycles. The molecule has 0 fully saturated rings. The van der Waals surface area contributed by atoms with Crippen molar-refractivity contribution in [1.82, 2.24) is 10.6 Å². The lowest BCUT2D eigenvalue weighted by molar-refractivity contribution is -0.275. The zero-order chi connectivity index (χ0) is 26.4.